The molecule has 0 saturated heterocycles. The Labute approximate surface area is 204 Å². The van der Waals surface area contributed by atoms with Crippen molar-refractivity contribution in [3.8, 4) is 23.0 Å². The van der Waals surface area contributed by atoms with Crippen LogP contribution in [0.2, 0.25) is 0 Å². The molecule has 2 aromatic rings. The SMILES string of the molecule is COc1cc(C=CC(=O)NCCc2ccc(OP(=O)(O)O)c(OP(=O)(O)O)c2)ccc1OP(=O)(O)O. The van der Waals surface area contributed by atoms with Gasteiger partial charge in [0.2, 0.25) is 5.91 Å². The number of phosphoric ester groups is 3. The van der Waals surface area contributed by atoms with Crippen LogP contribution in [0.15, 0.2) is 42.5 Å². The van der Waals surface area contributed by atoms with Gasteiger partial charge in [0.1, 0.15) is 0 Å². The normalized spacial score (nSPS) is 12.3. The fourth-order valence-electron chi connectivity index (χ4n) is 2.66. The summed E-state index contributed by atoms with van der Waals surface area (Å²) in [6, 6.07) is 7.58. The Morgan fingerprint density at radius 3 is 1.89 bits per heavy atom. The maximum atomic E-state index is 12.1. The van der Waals surface area contributed by atoms with Gasteiger partial charge in [0, 0.05) is 12.6 Å². The minimum Gasteiger partial charge on any atom is -0.493 e. The van der Waals surface area contributed by atoms with Gasteiger partial charge in [-0.05, 0) is 47.9 Å². The van der Waals surface area contributed by atoms with Gasteiger partial charge in [-0.25, -0.2) is 13.7 Å². The zero-order chi connectivity index (χ0) is 27.1. The Morgan fingerprint density at radius 2 is 1.33 bits per heavy atom. The number of amides is 1. The van der Waals surface area contributed by atoms with E-state index < -0.39 is 40.9 Å². The predicted octanol–water partition coefficient (Wildman–Crippen LogP) is 1.48. The van der Waals surface area contributed by atoms with Crippen LogP contribution in [0.4, 0.5) is 0 Å². The largest absolute Gasteiger partial charge is 0.524 e. The number of methoxy groups -OCH3 is 1. The molecule has 0 saturated carbocycles. The predicted molar refractivity (Wildman–Crippen MR) is 123 cm³/mol. The van der Waals surface area contributed by atoms with Gasteiger partial charge in [-0.3, -0.25) is 34.2 Å². The summed E-state index contributed by atoms with van der Waals surface area (Å²) in [5, 5.41) is 2.56. The lowest BCUT2D eigenvalue weighted by Crippen LogP contribution is -2.23. The number of carbonyl (C=O) groups excluding carboxylic acids is 1. The van der Waals surface area contributed by atoms with Gasteiger partial charge in [-0.1, -0.05) is 12.1 Å². The van der Waals surface area contributed by atoms with Crippen LogP contribution < -0.4 is 23.6 Å². The molecule has 15 nitrogen and oxygen atoms in total. The highest BCUT2D eigenvalue weighted by molar-refractivity contribution is 7.47. The van der Waals surface area contributed by atoms with Crippen LogP contribution in [-0.4, -0.2) is 48.9 Å². The van der Waals surface area contributed by atoms with Crippen molar-refractivity contribution >= 4 is 35.5 Å². The maximum absolute atomic E-state index is 12.1. The fourth-order valence-corrected chi connectivity index (χ4v) is 3.88. The molecule has 18 heteroatoms. The molecule has 0 radical (unpaired) electrons. The summed E-state index contributed by atoms with van der Waals surface area (Å²) in [6.45, 7) is 0.0651. The molecule has 36 heavy (non-hydrogen) atoms. The molecule has 198 valence electrons. The number of nitrogens with one attached hydrogen (secondary N) is 1. The van der Waals surface area contributed by atoms with E-state index in [4.69, 9.17) is 34.1 Å². The first kappa shape index (κ1) is 29.5. The van der Waals surface area contributed by atoms with Crippen molar-refractivity contribution in [1.29, 1.82) is 0 Å². The number of hydrogen-bond donors (Lipinski definition) is 7. The number of phosphoric acid groups is 3. The second kappa shape index (κ2) is 12.0. The first-order valence-electron chi connectivity index (χ1n) is 9.57. The third kappa shape index (κ3) is 10.9. The Balaban J connectivity index is 2.02. The Morgan fingerprint density at radius 1 is 0.806 bits per heavy atom. The second-order valence-electron chi connectivity index (χ2n) is 6.81. The molecule has 0 aliphatic carbocycles. The molecule has 0 bridgehead atoms. The number of benzene rings is 2. The molecule has 0 aliphatic heterocycles. The number of hydrogen-bond acceptors (Lipinski definition) is 8. The average Bonchev–Trinajstić information content (AvgIpc) is 2.71. The molecular formula is C18H22NO14P3. The lowest BCUT2D eigenvalue weighted by molar-refractivity contribution is -0.116. The zero-order valence-electron chi connectivity index (χ0n) is 18.3. The second-order valence-corrected chi connectivity index (χ2v) is 10.3. The van der Waals surface area contributed by atoms with Crippen molar-refractivity contribution < 1.29 is 66.2 Å². The van der Waals surface area contributed by atoms with Crippen LogP contribution >= 0.6 is 23.5 Å². The fraction of sp³-hybridized carbons (Fsp3) is 0.167. The van der Waals surface area contributed by atoms with Crippen molar-refractivity contribution in [3.63, 3.8) is 0 Å². The first-order valence-corrected chi connectivity index (χ1v) is 14.2. The molecule has 2 rings (SSSR count). The van der Waals surface area contributed by atoms with Gasteiger partial charge in [-0.15, -0.1) is 0 Å². The zero-order valence-corrected chi connectivity index (χ0v) is 21.0. The van der Waals surface area contributed by atoms with Crippen LogP contribution in [0.25, 0.3) is 6.08 Å². The lowest BCUT2D eigenvalue weighted by Gasteiger charge is -2.14. The molecule has 0 unspecified atom stereocenters. The van der Waals surface area contributed by atoms with Crippen molar-refractivity contribution in [1.82, 2.24) is 5.32 Å². The van der Waals surface area contributed by atoms with E-state index in [1.165, 1.54) is 43.5 Å². The summed E-state index contributed by atoms with van der Waals surface area (Å²) in [7, 11) is -13.6. The average molecular weight is 569 g/mol. The van der Waals surface area contributed by atoms with Crippen LogP contribution in [0.5, 0.6) is 23.0 Å². The molecule has 0 aliphatic rings. The molecule has 0 atom stereocenters. The van der Waals surface area contributed by atoms with Gasteiger partial charge in [0.05, 0.1) is 7.11 Å². The molecule has 0 fully saturated rings. The third-order valence-corrected chi connectivity index (χ3v) is 5.29. The number of ether oxygens (including phenoxy) is 1. The highest BCUT2D eigenvalue weighted by Crippen LogP contribution is 2.47. The van der Waals surface area contributed by atoms with Gasteiger partial charge in [-0.2, -0.15) is 0 Å². The van der Waals surface area contributed by atoms with E-state index in [1.54, 1.807) is 0 Å². The molecule has 7 N–H and O–H groups in total. The number of carbonyl (C=O) groups is 1. The number of rotatable bonds is 12. The molecule has 2 aromatic carbocycles. The smallest absolute Gasteiger partial charge is 0.493 e. The monoisotopic (exact) mass is 569 g/mol. The molecular weight excluding hydrogens is 547 g/mol. The summed E-state index contributed by atoms with van der Waals surface area (Å²) in [4.78, 5) is 65.8. The van der Waals surface area contributed by atoms with Gasteiger partial charge >= 0.3 is 23.5 Å². The summed E-state index contributed by atoms with van der Waals surface area (Å²) in [5.41, 5.74) is 0.853. The highest BCUT2D eigenvalue weighted by atomic mass is 31.2. The summed E-state index contributed by atoms with van der Waals surface area (Å²) >= 11 is 0. The third-order valence-electron chi connectivity index (χ3n) is 3.99. The van der Waals surface area contributed by atoms with Gasteiger partial charge in [0.25, 0.3) is 0 Å². The Kier molecular flexibility index (Phi) is 9.86. The van der Waals surface area contributed by atoms with Crippen molar-refractivity contribution in [2.75, 3.05) is 13.7 Å². The van der Waals surface area contributed by atoms with E-state index in [0.717, 1.165) is 12.1 Å². The summed E-state index contributed by atoms with van der Waals surface area (Å²) in [6.07, 6.45) is 2.73. The van der Waals surface area contributed by atoms with Crippen molar-refractivity contribution in [2.45, 2.75) is 6.42 Å². The topological polar surface area (TPSA) is 239 Å². The minimum absolute atomic E-state index is 0.0281. The van der Waals surface area contributed by atoms with E-state index >= 15 is 0 Å². The highest BCUT2D eigenvalue weighted by Gasteiger charge is 2.24. The summed E-state index contributed by atoms with van der Waals surface area (Å²) < 4.78 is 51.5. The van der Waals surface area contributed by atoms with E-state index in [-0.39, 0.29) is 24.5 Å². The van der Waals surface area contributed by atoms with E-state index in [9.17, 15) is 18.5 Å². The summed E-state index contributed by atoms with van der Waals surface area (Å²) in [5.74, 6) is -1.87. The Bertz CT molecular complexity index is 1260. The lowest BCUT2D eigenvalue weighted by atomic mass is 10.1. The standard InChI is InChI=1S/C18H22NO14P3/c1-30-16-10-12(2-5-14(16)31-34(21,22)23)4-7-18(20)19-9-8-13-3-6-15(32-35(24,25)26)17(11-13)33-36(27,28)29/h2-7,10-11H,8-9H2,1H3,(H,19,20)(H2,21,22,23)(H2,24,25,26)(H2,27,28,29). The molecule has 0 spiro atoms. The van der Waals surface area contributed by atoms with Crippen LogP contribution in [0.3, 0.4) is 0 Å². The Hall–Kier alpha value is -2.70. The van der Waals surface area contributed by atoms with E-state index in [0.29, 0.717) is 11.1 Å². The first-order chi connectivity index (χ1) is 16.5. The molecule has 0 heterocycles. The van der Waals surface area contributed by atoms with Gasteiger partial charge < -0.3 is 23.6 Å². The van der Waals surface area contributed by atoms with Gasteiger partial charge in [0.15, 0.2) is 23.0 Å². The molecule has 1 amide bonds. The quantitative estimate of drug-likeness (QED) is 0.142. The van der Waals surface area contributed by atoms with Crippen molar-refractivity contribution in [2.24, 2.45) is 0 Å². The van der Waals surface area contributed by atoms with Crippen LogP contribution in [0, 0.1) is 0 Å². The van der Waals surface area contributed by atoms with Crippen LogP contribution in [0.1, 0.15) is 11.1 Å². The van der Waals surface area contributed by atoms with Crippen molar-refractivity contribution in [3.05, 3.63) is 53.6 Å². The van der Waals surface area contributed by atoms with Crippen LogP contribution in [-0.2, 0) is 24.9 Å². The maximum Gasteiger partial charge on any atom is 0.524 e. The van der Waals surface area contributed by atoms with E-state index in [2.05, 4.69) is 18.9 Å². The minimum atomic E-state index is -5.07. The van der Waals surface area contributed by atoms with E-state index in [1.807, 2.05) is 0 Å². The molecule has 0 aromatic heterocycles.